The van der Waals surface area contributed by atoms with Crippen LogP contribution in [0.15, 0.2) is 77.9 Å². The van der Waals surface area contributed by atoms with E-state index in [9.17, 15) is 14.0 Å². The Balaban J connectivity index is 1.53. The molecule has 1 aliphatic rings. The minimum Gasteiger partial charge on any atom is -0.378 e. The van der Waals surface area contributed by atoms with Gasteiger partial charge in [-0.05, 0) is 48.0 Å². The maximum atomic E-state index is 14.5. The first-order chi connectivity index (χ1) is 18.7. The Morgan fingerprint density at radius 1 is 1.05 bits per heavy atom. The largest absolute Gasteiger partial charge is 0.378 e. The number of piperazine rings is 1. The van der Waals surface area contributed by atoms with Gasteiger partial charge in [-0.2, -0.15) is 0 Å². The Morgan fingerprint density at radius 2 is 1.77 bits per heavy atom. The minimum atomic E-state index is -0.554. The molecule has 0 saturated carbocycles. The molecule has 4 aromatic rings. The second-order valence-corrected chi connectivity index (χ2v) is 10.1. The second-order valence-electron chi connectivity index (χ2n) is 9.65. The van der Waals surface area contributed by atoms with Gasteiger partial charge in [-0.3, -0.25) is 19.1 Å². The zero-order chi connectivity index (χ0) is 27.7. The molecule has 1 fully saturated rings. The summed E-state index contributed by atoms with van der Waals surface area (Å²) in [4.78, 5) is 40.9. The number of aromatic nitrogens is 3. The summed E-state index contributed by atoms with van der Waals surface area (Å²) in [5.41, 5.74) is 2.67. The maximum Gasteiger partial charge on any atom is 0.255 e. The number of hydrogen-bond donors (Lipinski definition) is 0. The molecular weight excluding hydrogens is 519 g/mol. The van der Waals surface area contributed by atoms with Crippen LogP contribution >= 0.6 is 11.6 Å². The van der Waals surface area contributed by atoms with E-state index in [1.807, 2.05) is 53.1 Å². The van der Waals surface area contributed by atoms with Gasteiger partial charge in [-0.1, -0.05) is 23.7 Å². The first kappa shape index (κ1) is 26.4. The number of anilines is 2. The van der Waals surface area contributed by atoms with E-state index < -0.39 is 5.82 Å². The predicted octanol–water partition coefficient (Wildman–Crippen LogP) is 4.40. The van der Waals surface area contributed by atoms with Crippen LogP contribution in [-0.2, 0) is 7.05 Å². The molecule has 8 nitrogen and oxygen atoms in total. The summed E-state index contributed by atoms with van der Waals surface area (Å²) < 4.78 is 15.9. The van der Waals surface area contributed by atoms with Crippen LogP contribution < -0.4 is 15.4 Å². The topological polar surface area (TPSA) is 74.6 Å². The fraction of sp³-hybridized carbons (Fsp3) is 0.241. The van der Waals surface area contributed by atoms with E-state index in [2.05, 4.69) is 9.97 Å². The number of carbonyl (C=O) groups excluding carboxylic acids is 1. The van der Waals surface area contributed by atoms with Crippen molar-refractivity contribution in [2.24, 2.45) is 7.05 Å². The van der Waals surface area contributed by atoms with Crippen molar-refractivity contribution in [1.29, 1.82) is 0 Å². The summed E-state index contributed by atoms with van der Waals surface area (Å²) in [6.45, 7) is 1.22. The van der Waals surface area contributed by atoms with Crippen LogP contribution in [0.4, 0.5) is 16.0 Å². The molecule has 0 radical (unpaired) electrons. The number of pyridine rings is 1. The van der Waals surface area contributed by atoms with Crippen LogP contribution in [-0.4, -0.2) is 59.1 Å². The highest BCUT2D eigenvalue weighted by atomic mass is 35.5. The molecule has 2 aromatic heterocycles. The molecule has 200 valence electrons. The van der Waals surface area contributed by atoms with Gasteiger partial charge in [0.05, 0.1) is 17.9 Å². The van der Waals surface area contributed by atoms with Crippen molar-refractivity contribution in [2.75, 3.05) is 43.5 Å². The van der Waals surface area contributed by atoms with E-state index in [0.29, 0.717) is 36.2 Å². The van der Waals surface area contributed by atoms with Crippen molar-refractivity contribution in [3.8, 4) is 11.3 Å². The summed E-state index contributed by atoms with van der Waals surface area (Å²) in [6, 6.07) is 17.4. The van der Waals surface area contributed by atoms with Crippen LogP contribution in [0.1, 0.15) is 22.0 Å². The Morgan fingerprint density at radius 3 is 2.44 bits per heavy atom. The van der Waals surface area contributed by atoms with Gasteiger partial charge in [0, 0.05) is 74.9 Å². The number of hydrogen-bond acceptors (Lipinski definition) is 6. The molecule has 5 rings (SSSR count). The highest BCUT2D eigenvalue weighted by Gasteiger charge is 2.34. The molecule has 10 heteroatoms. The van der Waals surface area contributed by atoms with Crippen LogP contribution in [0.5, 0.6) is 0 Å². The standard InChI is InChI=1S/C29H28ClFN6O2/c1-34(2)22-10-6-19(7-11-22)26-18-36(14-15-37(26)28(39)20-4-8-21(30)9-5-20)29-33-25(16-27(38)35(29)3)23-12-13-32-17-24(23)31/h4-13,16-17,26H,14-15,18H2,1-3H3/t26-/m1/s1. The van der Waals surface area contributed by atoms with Crippen molar-refractivity contribution in [3.05, 3.63) is 105 Å². The third-order valence-corrected chi connectivity index (χ3v) is 7.22. The number of carbonyl (C=O) groups is 1. The molecule has 1 amide bonds. The highest BCUT2D eigenvalue weighted by molar-refractivity contribution is 6.30. The first-order valence-corrected chi connectivity index (χ1v) is 12.9. The minimum absolute atomic E-state index is 0.109. The lowest BCUT2D eigenvalue weighted by Crippen LogP contribution is -2.52. The molecule has 0 N–H and O–H groups in total. The molecule has 0 bridgehead atoms. The molecular formula is C29H28ClFN6O2. The SMILES string of the molecule is CN(C)c1ccc([C@H]2CN(c3nc(-c4ccncc4F)cc(=O)n3C)CCN2C(=O)c2ccc(Cl)cc2)cc1. The third-order valence-electron chi connectivity index (χ3n) is 6.97. The van der Waals surface area contributed by atoms with Gasteiger partial charge < -0.3 is 14.7 Å². The molecule has 0 aliphatic carbocycles. The monoisotopic (exact) mass is 546 g/mol. The summed E-state index contributed by atoms with van der Waals surface area (Å²) in [7, 11) is 5.58. The van der Waals surface area contributed by atoms with Gasteiger partial charge in [-0.25, -0.2) is 9.37 Å². The highest BCUT2D eigenvalue weighted by Crippen LogP contribution is 2.31. The molecule has 0 spiro atoms. The van der Waals surface area contributed by atoms with E-state index in [4.69, 9.17) is 11.6 Å². The smallest absolute Gasteiger partial charge is 0.255 e. The predicted molar refractivity (Wildman–Crippen MR) is 151 cm³/mol. The Bertz CT molecular complexity index is 1560. The van der Waals surface area contributed by atoms with Gasteiger partial charge in [0.25, 0.3) is 11.5 Å². The van der Waals surface area contributed by atoms with Crippen molar-refractivity contribution in [3.63, 3.8) is 0 Å². The zero-order valence-corrected chi connectivity index (χ0v) is 22.6. The van der Waals surface area contributed by atoms with Gasteiger partial charge >= 0.3 is 0 Å². The number of halogens is 2. The average molecular weight is 547 g/mol. The van der Waals surface area contributed by atoms with Crippen LogP contribution in [0, 0.1) is 5.82 Å². The Labute approximate surface area is 230 Å². The average Bonchev–Trinajstić information content (AvgIpc) is 2.94. The van der Waals surface area contributed by atoms with E-state index in [1.165, 1.54) is 22.9 Å². The number of benzene rings is 2. The van der Waals surface area contributed by atoms with Crippen molar-refractivity contribution in [1.82, 2.24) is 19.4 Å². The van der Waals surface area contributed by atoms with Crippen LogP contribution in [0.25, 0.3) is 11.3 Å². The maximum absolute atomic E-state index is 14.5. The van der Waals surface area contributed by atoms with E-state index in [0.717, 1.165) is 17.4 Å². The normalized spacial score (nSPS) is 15.4. The Hall–Kier alpha value is -4.24. The first-order valence-electron chi connectivity index (χ1n) is 12.5. The third kappa shape index (κ3) is 5.35. The number of nitrogens with zero attached hydrogens (tertiary/aromatic N) is 6. The lowest BCUT2D eigenvalue weighted by molar-refractivity contribution is 0.0653. The number of rotatable bonds is 5. The molecule has 1 atom stereocenters. The lowest BCUT2D eigenvalue weighted by atomic mass is 10.0. The van der Waals surface area contributed by atoms with Gasteiger partial charge in [0.1, 0.15) is 0 Å². The van der Waals surface area contributed by atoms with Crippen molar-refractivity contribution >= 4 is 29.1 Å². The van der Waals surface area contributed by atoms with Gasteiger partial charge in [0.2, 0.25) is 5.95 Å². The summed E-state index contributed by atoms with van der Waals surface area (Å²) >= 11 is 6.05. The molecule has 1 aliphatic heterocycles. The molecule has 3 heterocycles. The quantitative estimate of drug-likeness (QED) is 0.369. The molecule has 2 aromatic carbocycles. The fourth-order valence-corrected chi connectivity index (χ4v) is 4.90. The van der Waals surface area contributed by atoms with Crippen LogP contribution in [0.3, 0.4) is 0 Å². The van der Waals surface area contributed by atoms with E-state index in [-0.39, 0.29) is 28.8 Å². The second kappa shape index (κ2) is 10.9. The Kier molecular flexibility index (Phi) is 7.34. The lowest BCUT2D eigenvalue weighted by Gasteiger charge is -2.42. The van der Waals surface area contributed by atoms with E-state index in [1.54, 1.807) is 31.3 Å². The van der Waals surface area contributed by atoms with Crippen molar-refractivity contribution in [2.45, 2.75) is 6.04 Å². The molecule has 1 saturated heterocycles. The summed E-state index contributed by atoms with van der Waals surface area (Å²) in [6.07, 6.45) is 2.56. The van der Waals surface area contributed by atoms with E-state index >= 15 is 0 Å². The zero-order valence-electron chi connectivity index (χ0n) is 21.9. The van der Waals surface area contributed by atoms with Crippen LogP contribution in [0.2, 0.25) is 5.02 Å². The van der Waals surface area contributed by atoms with Gasteiger partial charge in [-0.15, -0.1) is 0 Å². The van der Waals surface area contributed by atoms with Crippen molar-refractivity contribution < 1.29 is 9.18 Å². The molecule has 0 unspecified atom stereocenters. The number of amides is 1. The summed E-state index contributed by atoms with van der Waals surface area (Å²) in [5.74, 6) is -0.258. The molecule has 39 heavy (non-hydrogen) atoms. The fourth-order valence-electron chi connectivity index (χ4n) is 4.78. The summed E-state index contributed by atoms with van der Waals surface area (Å²) in [5, 5.41) is 0.560. The van der Waals surface area contributed by atoms with Gasteiger partial charge in [0.15, 0.2) is 5.82 Å².